The first-order valence-corrected chi connectivity index (χ1v) is 14.9. The summed E-state index contributed by atoms with van der Waals surface area (Å²) >= 11 is 6.70. The van der Waals surface area contributed by atoms with Crippen molar-refractivity contribution in [3.63, 3.8) is 0 Å². The highest BCUT2D eigenvalue weighted by molar-refractivity contribution is 6.33. The zero-order chi connectivity index (χ0) is 31.0. The number of hydrogen-bond acceptors (Lipinski definition) is 5. The van der Waals surface area contributed by atoms with E-state index in [0.717, 1.165) is 55.8 Å². The van der Waals surface area contributed by atoms with Crippen LogP contribution < -0.4 is 15.8 Å². The van der Waals surface area contributed by atoms with Crippen LogP contribution in [0, 0.1) is 0 Å². The summed E-state index contributed by atoms with van der Waals surface area (Å²) < 4.78 is 6.12. The van der Waals surface area contributed by atoms with Gasteiger partial charge in [-0.3, -0.25) is 4.99 Å². The van der Waals surface area contributed by atoms with Crippen LogP contribution in [0.4, 0.5) is 0 Å². The molecule has 2 heterocycles. The lowest BCUT2D eigenvalue weighted by molar-refractivity contribution is 0.483. The molecule has 44 heavy (non-hydrogen) atoms. The number of halogens is 1. The number of rotatable bonds is 9. The minimum absolute atomic E-state index is 0.127. The number of nitrogens with zero attached hydrogens (tertiary/aromatic N) is 3. The van der Waals surface area contributed by atoms with Gasteiger partial charge in [-0.25, -0.2) is 9.97 Å². The number of aliphatic imine (C=N–C) groups is 1. The molecule has 8 nitrogen and oxygen atoms in total. The molecule has 0 bridgehead atoms. The fourth-order valence-electron chi connectivity index (χ4n) is 4.98. The monoisotopic (exact) mass is 603 g/mol. The van der Waals surface area contributed by atoms with Gasteiger partial charge in [0, 0.05) is 40.5 Å². The van der Waals surface area contributed by atoms with Gasteiger partial charge in [0.25, 0.3) is 0 Å². The van der Waals surface area contributed by atoms with Gasteiger partial charge in [-0.05, 0) is 100.0 Å². The first-order chi connectivity index (χ1) is 21.1. The summed E-state index contributed by atoms with van der Waals surface area (Å²) in [7, 11) is 0. The molecule has 0 atom stereocenters. The Morgan fingerprint density at radius 2 is 1.43 bits per heavy atom. The Kier molecular flexibility index (Phi) is 7.84. The molecule has 5 N–H and O–H groups in total. The quantitative estimate of drug-likeness (QED) is 0.0979. The van der Waals surface area contributed by atoms with Gasteiger partial charge in [0.15, 0.2) is 0 Å². The van der Waals surface area contributed by atoms with Crippen molar-refractivity contribution in [3.8, 4) is 34.3 Å². The number of imidazole rings is 2. The zero-order valence-electron chi connectivity index (χ0n) is 25.1. The third-order valence-electron chi connectivity index (χ3n) is 7.03. The Hall–Kier alpha value is -5.08. The van der Waals surface area contributed by atoms with Gasteiger partial charge in [0.2, 0.25) is 0 Å². The molecule has 0 radical (unpaired) electrons. The molecule has 0 aliphatic rings. The predicted molar refractivity (Wildman–Crippen MR) is 181 cm³/mol. The zero-order valence-corrected chi connectivity index (χ0v) is 25.8. The van der Waals surface area contributed by atoms with Crippen LogP contribution in [0.5, 0.6) is 11.5 Å². The third-order valence-corrected chi connectivity index (χ3v) is 7.34. The van der Waals surface area contributed by atoms with Crippen molar-refractivity contribution in [1.82, 2.24) is 25.3 Å². The van der Waals surface area contributed by atoms with Crippen molar-refractivity contribution in [2.24, 2.45) is 10.7 Å². The second-order valence-corrected chi connectivity index (χ2v) is 11.7. The van der Waals surface area contributed by atoms with Crippen LogP contribution in [0.2, 0.25) is 5.02 Å². The Morgan fingerprint density at radius 1 is 0.818 bits per heavy atom. The number of aromatic amines is 2. The fourth-order valence-corrected chi connectivity index (χ4v) is 5.24. The van der Waals surface area contributed by atoms with Crippen LogP contribution in [0.15, 0.2) is 90.4 Å². The predicted octanol–water partition coefficient (Wildman–Crippen LogP) is 8.30. The summed E-state index contributed by atoms with van der Waals surface area (Å²) in [5.41, 5.74) is 14.1. The Bertz CT molecular complexity index is 2020. The first-order valence-electron chi connectivity index (χ1n) is 14.5. The largest absolute Gasteiger partial charge is 0.457 e. The molecule has 6 rings (SSSR count). The van der Waals surface area contributed by atoms with E-state index in [-0.39, 0.29) is 6.04 Å². The molecule has 0 aliphatic carbocycles. The van der Waals surface area contributed by atoms with Gasteiger partial charge in [-0.15, -0.1) is 0 Å². The number of nitrogens with one attached hydrogen (secondary N) is 3. The molecule has 222 valence electrons. The minimum Gasteiger partial charge on any atom is -0.457 e. The highest BCUT2D eigenvalue weighted by Crippen LogP contribution is 2.34. The van der Waals surface area contributed by atoms with Gasteiger partial charge in [-0.1, -0.05) is 24.2 Å². The minimum atomic E-state index is 0.127. The Balaban J connectivity index is 1.17. The normalized spacial score (nSPS) is 12.0. The summed E-state index contributed by atoms with van der Waals surface area (Å²) in [5.74, 6) is 3.26. The van der Waals surface area contributed by atoms with Crippen molar-refractivity contribution in [1.29, 1.82) is 0 Å². The lowest BCUT2D eigenvalue weighted by atomic mass is 10.1. The Labute approximate surface area is 261 Å². The third kappa shape index (κ3) is 6.16. The van der Waals surface area contributed by atoms with E-state index in [4.69, 9.17) is 32.0 Å². The molecule has 0 unspecified atom stereocenters. The van der Waals surface area contributed by atoms with Crippen LogP contribution in [0.3, 0.4) is 0 Å². The number of benzene rings is 4. The molecule has 9 heteroatoms. The smallest absolute Gasteiger partial charge is 0.140 e. The van der Waals surface area contributed by atoms with Crippen molar-refractivity contribution in [3.05, 3.63) is 102 Å². The topological polar surface area (TPSA) is 117 Å². The van der Waals surface area contributed by atoms with E-state index in [1.165, 1.54) is 0 Å². The number of hydrogen-bond donors (Lipinski definition) is 4. The van der Waals surface area contributed by atoms with E-state index in [2.05, 4.69) is 40.7 Å². The molecule has 6 aromatic rings. The highest BCUT2D eigenvalue weighted by atomic mass is 35.5. The molecule has 2 aromatic heterocycles. The van der Waals surface area contributed by atoms with Crippen LogP contribution in [-0.2, 0) is 0 Å². The van der Waals surface area contributed by atoms with E-state index in [0.29, 0.717) is 34.2 Å². The van der Waals surface area contributed by atoms with Crippen molar-refractivity contribution >= 4 is 45.2 Å². The van der Waals surface area contributed by atoms with E-state index < -0.39 is 0 Å². The molecule has 0 spiro atoms. The van der Waals surface area contributed by atoms with Crippen molar-refractivity contribution in [2.45, 2.75) is 39.8 Å². The lowest BCUT2D eigenvalue weighted by Crippen LogP contribution is -2.20. The van der Waals surface area contributed by atoms with Gasteiger partial charge < -0.3 is 25.8 Å². The van der Waals surface area contributed by atoms with Crippen LogP contribution in [-0.4, -0.2) is 37.9 Å². The van der Waals surface area contributed by atoms with E-state index >= 15 is 0 Å². The summed E-state index contributed by atoms with van der Waals surface area (Å²) in [5, 5.41) is 3.88. The number of aromatic nitrogens is 4. The molecular weight excluding hydrogens is 570 g/mol. The molecule has 0 aliphatic heterocycles. The molecule has 0 amide bonds. The number of ether oxygens (including phenoxy) is 1. The average Bonchev–Trinajstić information content (AvgIpc) is 3.60. The van der Waals surface area contributed by atoms with Gasteiger partial charge in [0.1, 0.15) is 29.0 Å². The van der Waals surface area contributed by atoms with E-state index in [9.17, 15) is 0 Å². The first kappa shape index (κ1) is 29.0. The van der Waals surface area contributed by atoms with Crippen molar-refractivity contribution in [2.75, 3.05) is 0 Å². The summed E-state index contributed by atoms with van der Waals surface area (Å²) in [4.78, 5) is 20.7. The standard InChI is InChI=1S/C35H34ClN7O/c1-19(2)38-21(5)23-8-14-30-31(16-23)43-35(41-30)27-13-12-26(18-28(27)36)44-25-10-6-22(7-11-25)34-40-29-15-9-24(17-32(29)42-34)33(37)39-20(3)4/h6-20,38H,5H2,1-4H3,(H2,37,39)(H,40,42)(H,41,43). The molecule has 0 saturated carbocycles. The lowest BCUT2D eigenvalue weighted by Gasteiger charge is -2.12. The molecule has 4 aromatic carbocycles. The summed E-state index contributed by atoms with van der Waals surface area (Å²) in [6, 6.07) is 25.6. The highest BCUT2D eigenvalue weighted by Gasteiger charge is 2.13. The van der Waals surface area contributed by atoms with Crippen LogP contribution in [0.25, 0.3) is 50.5 Å². The fraction of sp³-hybridized carbons (Fsp3) is 0.171. The second kappa shape index (κ2) is 11.9. The molecular formula is C35H34ClN7O. The molecule has 0 fully saturated rings. The maximum Gasteiger partial charge on any atom is 0.140 e. The number of fused-ring (bicyclic) bond motifs is 2. The van der Waals surface area contributed by atoms with Crippen LogP contribution in [0.1, 0.15) is 38.8 Å². The number of nitrogens with two attached hydrogens (primary N) is 1. The Morgan fingerprint density at radius 3 is 2.09 bits per heavy atom. The molecule has 0 saturated heterocycles. The maximum atomic E-state index is 6.70. The van der Waals surface area contributed by atoms with Gasteiger partial charge in [0.05, 0.1) is 27.1 Å². The van der Waals surface area contributed by atoms with Crippen molar-refractivity contribution < 1.29 is 4.74 Å². The second-order valence-electron chi connectivity index (χ2n) is 11.3. The maximum absolute atomic E-state index is 6.70. The summed E-state index contributed by atoms with van der Waals surface area (Å²) in [6.45, 7) is 12.3. The number of H-pyrrole nitrogens is 2. The van der Waals surface area contributed by atoms with Crippen LogP contribution >= 0.6 is 11.6 Å². The summed E-state index contributed by atoms with van der Waals surface area (Å²) in [6.07, 6.45) is 0. The van der Waals surface area contributed by atoms with E-state index in [1.54, 1.807) is 6.07 Å². The van der Waals surface area contributed by atoms with E-state index in [1.807, 2.05) is 86.6 Å². The average molecular weight is 604 g/mol. The SMILES string of the molecule is C=C(NC(C)C)c1ccc2nc(-c3ccc(Oc4ccc(-c5nc6ccc(C(N)=NC(C)C)cc6[nH]5)cc4)cc3Cl)[nH]c2c1. The van der Waals surface area contributed by atoms with Gasteiger partial charge >= 0.3 is 0 Å². The van der Waals surface area contributed by atoms with Gasteiger partial charge in [-0.2, -0.15) is 0 Å². The number of amidine groups is 1.